The smallest absolute Gasteiger partial charge is 0.304 e. The summed E-state index contributed by atoms with van der Waals surface area (Å²) in [6, 6.07) is 0.117. The molecular formula is C6H13ClN2O2. The first-order chi connectivity index (χ1) is 4.79. The summed E-state index contributed by atoms with van der Waals surface area (Å²) in [6.07, 6.45) is 0.215. The van der Waals surface area contributed by atoms with Crippen molar-refractivity contribution in [2.75, 3.05) is 19.6 Å². The van der Waals surface area contributed by atoms with Gasteiger partial charge in [0.25, 0.3) is 0 Å². The standard InChI is InChI=1S/C6H12N2O2.ClH/c9-6(10)3-5-4-7-1-2-8-5;/h5,7-8H,1-4H2,(H,9,10);1H. The maximum absolute atomic E-state index is 10.2. The quantitative estimate of drug-likeness (QED) is 0.534. The van der Waals surface area contributed by atoms with Gasteiger partial charge in [-0.3, -0.25) is 4.79 Å². The van der Waals surface area contributed by atoms with E-state index in [4.69, 9.17) is 5.11 Å². The molecule has 0 aromatic heterocycles. The highest BCUT2D eigenvalue weighted by molar-refractivity contribution is 5.85. The lowest BCUT2D eigenvalue weighted by Crippen LogP contribution is -2.49. The van der Waals surface area contributed by atoms with E-state index in [2.05, 4.69) is 10.6 Å². The SMILES string of the molecule is Cl.O=C(O)CC1CNCCN1. The lowest BCUT2D eigenvalue weighted by Gasteiger charge is -2.22. The van der Waals surface area contributed by atoms with Gasteiger partial charge < -0.3 is 15.7 Å². The molecule has 0 bridgehead atoms. The summed E-state index contributed by atoms with van der Waals surface area (Å²) in [7, 11) is 0. The van der Waals surface area contributed by atoms with Crippen molar-refractivity contribution in [2.45, 2.75) is 12.5 Å². The van der Waals surface area contributed by atoms with Crippen LogP contribution in [0.1, 0.15) is 6.42 Å². The van der Waals surface area contributed by atoms with Crippen LogP contribution in [0.15, 0.2) is 0 Å². The predicted molar refractivity (Wildman–Crippen MR) is 44.2 cm³/mol. The number of rotatable bonds is 2. The molecule has 1 atom stereocenters. The molecule has 0 radical (unpaired) electrons. The molecule has 0 aliphatic carbocycles. The van der Waals surface area contributed by atoms with Crippen LogP contribution in [0.5, 0.6) is 0 Å². The Bertz CT molecular complexity index is 126. The minimum absolute atomic E-state index is 0. The van der Waals surface area contributed by atoms with E-state index in [1.54, 1.807) is 0 Å². The van der Waals surface area contributed by atoms with Crippen LogP contribution in [0.4, 0.5) is 0 Å². The minimum atomic E-state index is -0.735. The molecule has 66 valence electrons. The van der Waals surface area contributed by atoms with Crippen molar-refractivity contribution in [3.05, 3.63) is 0 Å². The van der Waals surface area contributed by atoms with Gasteiger partial charge in [0.05, 0.1) is 6.42 Å². The van der Waals surface area contributed by atoms with E-state index in [1.165, 1.54) is 0 Å². The van der Waals surface area contributed by atoms with Crippen molar-refractivity contribution in [3.8, 4) is 0 Å². The Balaban J connectivity index is 0.000001000. The zero-order chi connectivity index (χ0) is 7.40. The number of piperazine rings is 1. The molecule has 0 aromatic rings. The Morgan fingerprint density at radius 3 is 2.73 bits per heavy atom. The largest absolute Gasteiger partial charge is 0.481 e. The summed E-state index contributed by atoms with van der Waals surface area (Å²) in [4.78, 5) is 10.2. The molecule has 0 amide bonds. The predicted octanol–water partition coefficient (Wildman–Crippen LogP) is -0.556. The van der Waals surface area contributed by atoms with E-state index in [0.717, 1.165) is 19.6 Å². The zero-order valence-electron chi connectivity index (χ0n) is 6.17. The molecule has 1 heterocycles. The van der Waals surface area contributed by atoms with Crippen LogP contribution in [-0.2, 0) is 4.79 Å². The summed E-state index contributed by atoms with van der Waals surface area (Å²) in [6.45, 7) is 2.58. The van der Waals surface area contributed by atoms with Crippen molar-refractivity contribution in [1.82, 2.24) is 10.6 Å². The van der Waals surface area contributed by atoms with Crippen LogP contribution in [0, 0.1) is 0 Å². The number of halogens is 1. The molecule has 0 saturated carbocycles. The topological polar surface area (TPSA) is 61.4 Å². The van der Waals surface area contributed by atoms with E-state index in [9.17, 15) is 4.79 Å². The molecule has 1 aliphatic heterocycles. The maximum atomic E-state index is 10.2. The second-order valence-electron chi connectivity index (χ2n) is 2.45. The molecule has 1 aliphatic rings. The van der Waals surface area contributed by atoms with Crippen molar-refractivity contribution >= 4 is 18.4 Å². The summed E-state index contributed by atoms with van der Waals surface area (Å²) in [5.74, 6) is -0.735. The number of aliphatic carboxylic acids is 1. The highest BCUT2D eigenvalue weighted by Gasteiger charge is 2.14. The van der Waals surface area contributed by atoms with E-state index in [0.29, 0.717) is 0 Å². The van der Waals surface area contributed by atoms with Crippen LogP contribution < -0.4 is 10.6 Å². The molecule has 1 unspecified atom stereocenters. The van der Waals surface area contributed by atoms with Crippen molar-refractivity contribution in [1.29, 1.82) is 0 Å². The van der Waals surface area contributed by atoms with Gasteiger partial charge in [-0.2, -0.15) is 0 Å². The number of carboxylic acids is 1. The molecular weight excluding hydrogens is 168 g/mol. The third kappa shape index (κ3) is 4.19. The summed E-state index contributed by atoms with van der Waals surface area (Å²) in [5, 5.41) is 14.6. The van der Waals surface area contributed by atoms with Gasteiger partial charge in [-0.25, -0.2) is 0 Å². The molecule has 1 saturated heterocycles. The highest BCUT2D eigenvalue weighted by atomic mass is 35.5. The highest BCUT2D eigenvalue weighted by Crippen LogP contribution is 1.92. The third-order valence-electron chi connectivity index (χ3n) is 1.55. The number of hydrogen-bond acceptors (Lipinski definition) is 3. The monoisotopic (exact) mass is 180 g/mol. The van der Waals surface area contributed by atoms with Crippen LogP contribution in [0.3, 0.4) is 0 Å². The molecule has 3 N–H and O–H groups in total. The maximum Gasteiger partial charge on any atom is 0.304 e. The fraction of sp³-hybridized carbons (Fsp3) is 0.833. The Morgan fingerprint density at radius 1 is 1.55 bits per heavy atom. The first-order valence-electron chi connectivity index (χ1n) is 3.45. The molecule has 0 spiro atoms. The van der Waals surface area contributed by atoms with Gasteiger partial charge in [-0.15, -0.1) is 12.4 Å². The summed E-state index contributed by atoms with van der Waals surface area (Å²) >= 11 is 0. The van der Waals surface area contributed by atoms with Crippen molar-refractivity contribution in [3.63, 3.8) is 0 Å². The zero-order valence-corrected chi connectivity index (χ0v) is 6.99. The number of carbonyl (C=O) groups is 1. The van der Waals surface area contributed by atoms with Crippen LogP contribution in [0.25, 0.3) is 0 Å². The lowest BCUT2D eigenvalue weighted by atomic mass is 10.2. The second kappa shape index (κ2) is 5.35. The normalized spacial score (nSPS) is 23.8. The summed E-state index contributed by atoms with van der Waals surface area (Å²) in [5.41, 5.74) is 0. The number of hydrogen-bond donors (Lipinski definition) is 3. The fourth-order valence-electron chi connectivity index (χ4n) is 1.07. The molecule has 11 heavy (non-hydrogen) atoms. The van der Waals surface area contributed by atoms with Gasteiger partial charge in [0.2, 0.25) is 0 Å². The Morgan fingerprint density at radius 2 is 2.27 bits per heavy atom. The van der Waals surface area contributed by atoms with Crippen LogP contribution in [-0.4, -0.2) is 36.8 Å². The van der Waals surface area contributed by atoms with Gasteiger partial charge in [-0.05, 0) is 0 Å². The Labute approximate surface area is 71.8 Å². The van der Waals surface area contributed by atoms with Crippen LogP contribution >= 0.6 is 12.4 Å². The van der Waals surface area contributed by atoms with Crippen molar-refractivity contribution in [2.24, 2.45) is 0 Å². The first kappa shape index (κ1) is 10.7. The number of carboxylic acid groups (broad SMARTS) is 1. The van der Waals surface area contributed by atoms with Gasteiger partial charge in [0, 0.05) is 25.7 Å². The van der Waals surface area contributed by atoms with E-state index in [1.807, 2.05) is 0 Å². The van der Waals surface area contributed by atoms with E-state index >= 15 is 0 Å². The van der Waals surface area contributed by atoms with E-state index in [-0.39, 0.29) is 24.9 Å². The van der Waals surface area contributed by atoms with Gasteiger partial charge >= 0.3 is 5.97 Å². The first-order valence-corrected chi connectivity index (χ1v) is 3.45. The molecule has 4 nitrogen and oxygen atoms in total. The summed E-state index contributed by atoms with van der Waals surface area (Å²) < 4.78 is 0. The second-order valence-corrected chi connectivity index (χ2v) is 2.45. The number of nitrogens with one attached hydrogen (secondary N) is 2. The Kier molecular flexibility index (Phi) is 5.19. The van der Waals surface area contributed by atoms with Gasteiger partial charge in [0.1, 0.15) is 0 Å². The average Bonchev–Trinajstić information content (AvgIpc) is 1.88. The minimum Gasteiger partial charge on any atom is -0.481 e. The molecule has 1 fully saturated rings. The molecule has 1 rings (SSSR count). The average molecular weight is 181 g/mol. The van der Waals surface area contributed by atoms with Gasteiger partial charge in [-0.1, -0.05) is 0 Å². The lowest BCUT2D eigenvalue weighted by molar-refractivity contribution is -0.137. The molecule has 0 aromatic carbocycles. The van der Waals surface area contributed by atoms with Crippen molar-refractivity contribution < 1.29 is 9.90 Å². The van der Waals surface area contributed by atoms with Gasteiger partial charge in [0.15, 0.2) is 0 Å². The van der Waals surface area contributed by atoms with Crippen LogP contribution in [0.2, 0.25) is 0 Å². The fourth-order valence-corrected chi connectivity index (χ4v) is 1.07. The Hall–Kier alpha value is -0.320. The third-order valence-corrected chi connectivity index (χ3v) is 1.55. The molecule has 5 heteroatoms. The van der Waals surface area contributed by atoms with E-state index < -0.39 is 5.97 Å².